The molecule has 1 aliphatic carbocycles. The molecule has 2 nitrogen and oxygen atoms in total. The minimum absolute atomic E-state index is 0.726. The average Bonchev–Trinajstić information content (AvgIpc) is 2.77. The molecule has 0 bridgehead atoms. The Labute approximate surface area is 104 Å². The normalized spacial score (nSPS) is 28.2. The third-order valence-corrected chi connectivity index (χ3v) is 4.30. The zero-order chi connectivity index (χ0) is 11.8. The van der Waals surface area contributed by atoms with Crippen LogP contribution >= 0.6 is 0 Å². The highest BCUT2D eigenvalue weighted by atomic mass is 15.2. The molecule has 0 spiro atoms. The molecule has 17 heavy (non-hydrogen) atoms. The third-order valence-electron chi connectivity index (χ3n) is 4.30. The summed E-state index contributed by atoms with van der Waals surface area (Å²) >= 11 is 0. The van der Waals surface area contributed by atoms with Crippen LogP contribution in [0, 0.1) is 13.8 Å². The van der Waals surface area contributed by atoms with E-state index >= 15 is 0 Å². The van der Waals surface area contributed by atoms with E-state index in [1.54, 1.807) is 0 Å². The number of hydrogen-bond acceptors (Lipinski definition) is 2. The number of fused-ring (bicyclic) bond motifs is 1. The van der Waals surface area contributed by atoms with Gasteiger partial charge in [-0.1, -0.05) is 17.7 Å². The Kier molecular flexibility index (Phi) is 2.83. The number of piperazine rings is 1. The van der Waals surface area contributed by atoms with E-state index in [1.807, 2.05) is 0 Å². The van der Waals surface area contributed by atoms with Crippen molar-refractivity contribution in [1.82, 2.24) is 5.32 Å². The van der Waals surface area contributed by atoms with Crippen LogP contribution in [0.1, 0.15) is 30.4 Å². The molecule has 2 unspecified atom stereocenters. The van der Waals surface area contributed by atoms with E-state index in [1.165, 1.54) is 36.1 Å². The van der Waals surface area contributed by atoms with Gasteiger partial charge < -0.3 is 10.2 Å². The fourth-order valence-corrected chi connectivity index (χ4v) is 3.51. The molecule has 1 aromatic rings. The molecule has 92 valence electrons. The average molecular weight is 230 g/mol. The predicted octanol–water partition coefficient (Wildman–Crippen LogP) is 2.63. The monoisotopic (exact) mass is 230 g/mol. The van der Waals surface area contributed by atoms with Crippen molar-refractivity contribution in [3.63, 3.8) is 0 Å². The number of nitrogens with one attached hydrogen (secondary N) is 1. The van der Waals surface area contributed by atoms with Gasteiger partial charge in [0.2, 0.25) is 0 Å². The minimum atomic E-state index is 0.726. The topological polar surface area (TPSA) is 15.3 Å². The Hall–Kier alpha value is -1.02. The van der Waals surface area contributed by atoms with Crippen molar-refractivity contribution in [2.45, 2.75) is 45.2 Å². The van der Waals surface area contributed by atoms with Crippen molar-refractivity contribution in [2.24, 2.45) is 0 Å². The first-order valence-electron chi connectivity index (χ1n) is 6.83. The van der Waals surface area contributed by atoms with Crippen molar-refractivity contribution in [2.75, 3.05) is 18.0 Å². The molecule has 0 radical (unpaired) electrons. The van der Waals surface area contributed by atoms with E-state index in [-0.39, 0.29) is 0 Å². The number of nitrogens with zero attached hydrogens (tertiary/aromatic N) is 1. The largest absolute Gasteiger partial charge is 0.365 e. The maximum Gasteiger partial charge on any atom is 0.0443 e. The van der Waals surface area contributed by atoms with Crippen LogP contribution in [0.25, 0.3) is 0 Å². The number of aryl methyl sites for hydroxylation is 2. The van der Waals surface area contributed by atoms with E-state index in [4.69, 9.17) is 0 Å². The standard InChI is InChI=1S/C15H22N2/c1-11-6-7-14(12(2)10-11)17-9-8-16-13-4-3-5-15(13)17/h6-7,10,13,15-16H,3-5,8-9H2,1-2H3. The Morgan fingerprint density at radius 1 is 1.24 bits per heavy atom. The first kappa shape index (κ1) is 11.1. The van der Waals surface area contributed by atoms with Gasteiger partial charge in [0, 0.05) is 30.9 Å². The third kappa shape index (κ3) is 1.95. The molecule has 2 heteroatoms. The molecule has 0 aromatic heterocycles. The lowest BCUT2D eigenvalue weighted by Crippen LogP contribution is -2.55. The molecule has 2 fully saturated rings. The van der Waals surface area contributed by atoms with Crippen LogP contribution < -0.4 is 10.2 Å². The smallest absolute Gasteiger partial charge is 0.0443 e. The van der Waals surface area contributed by atoms with E-state index in [0.29, 0.717) is 0 Å². The van der Waals surface area contributed by atoms with Crippen LogP contribution in [0.5, 0.6) is 0 Å². The predicted molar refractivity (Wildman–Crippen MR) is 72.7 cm³/mol. The van der Waals surface area contributed by atoms with Crippen molar-refractivity contribution >= 4 is 5.69 Å². The molecule has 3 rings (SSSR count). The van der Waals surface area contributed by atoms with Gasteiger partial charge in [0.1, 0.15) is 0 Å². The molecular weight excluding hydrogens is 208 g/mol. The van der Waals surface area contributed by atoms with Gasteiger partial charge in [0.15, 0.2) is 0 Å². The van der Waals surface area contributed by atoms with Crippen molar-refractivity contribution in [3.8, 4) is 0 Å². The quantitative estimate of drug-likeness (QED) is 0.798. The second-order valence-corrected chi connectivity index (χ2v) is 5.54. The van der Waals surface area contributed by atoms with Gasteiger partial charge in [0.25, 0.3) is 0 Å². The summed E-state index contributed by atoms with van der Waals surface area (Å²) in [6.07, 6.45) is 4.08. The van der Waals surface area contributed by atoms with Crippen LogP contribution in [-0.2, 0) is 0 Å². The number of anilines is 1. The lowest BCUT2D eigenvalue weighted by Gasteiger charge is -2.41. The zero-order valence-electron chi connectivity index (χ0n) is 10.9. The van der Waals surface area contributed by atoms with Gasteiger partial charge in [-0.15, -0.1) is 0 Å². The molecule has 1 aromatic carbocycles. The maximum atomic E-state index is 3.67. The maximum absolute atomic E-state index is 3.67. The Morgan fingerprint density at radius 2 is 2.12 bits per heavy atom. The van der Waals surface area contributed by atoms with Crippen molar-refractivity contribution in [1.29, 1.82) is 0 Å². The number of rotatable bonds is 1. The van der Waals surface area contributed by atoms with Crippen LogP contribution in [0.4, 0.5) is 5.69 Å². The van der Waals surface area contributed by atoms with Gasteiger partial charge in [-0.05, 0) is 44.7 Å². The Bertz CT molecular complexity index is 413. The molecule has 2 atom stereocenters. The Morgan fingerprint density at radius 3 is 2.94 bits per heavy atom. The molecule has 1 saturated carbocycles. The zero-order valence-corrected chi connectivity index (χ0v) is 10.9. The summed E-state index contributed by atoms with van der Waals surface area (Å²) in [5, 5.41) is 3.67. The number of hydrogen-bond donors (Lipinski definition) is 1. The minimum Gasteiger partial charge on any atom is -0.365 e. The lowest BCUT2D eigenvalue weighted by atomic mass is 10.0. The summed E-state index contributed by atoms with van der Waals surface area (Å²) in [5.74, 6) is 0. The highest BCUT2D eigenvalue weighted by Crippen LogP contribution is 2.32. The SMILES string of the molecule is Cc1ccc(N2CCNC3CCCC32)c(C)c1. The van der Waals surface area contributed by atoms with Crippen LogP contribution in [-0.4, -0.2) is 25.2 Å². The molecular formula is C15H22N2. The van der Waals surface area contributed by atoms with Gasteiger partial charge in [-0.3, -0.25) is 0 Å². The summed E-state index contributed by atoms with van der Waals surface area (Å²) in [7, 11) is 0. The van der Waals surface area contributed by atoms with Gasteiger partial charge in [-0.25, -0.2) is 0 Å². The molecule has 1 N–H and O–H groups in total. The van der Waals surface area contributed by atoms with Gasteiger partial charge in [-0.2, -0.15) is 0 Å². The number of benzene rings is 1. The summed E-state index contributed by atoms with van der Waals surface area (Å²) in [5.41, 5.74) is 4.25. The molecule has 1 heterocycles. The second-order valence-electron chi connectivity index (χ2n) is 5.54. The lowest BCUT2D eigenvalue weighted by molar-refractivity contribution is 0.403. The molecule has 2 aliphatic rings. The van der Waals surface area contributed by atoms with Crippen LogP contribution in [0.2, 0.25) is 0 Å². The van der Waals surface area contributed by atoms with E-state index < -0.39 is 0 Å². The van der Waals surface area contributed by atoms with Crippen molar-refractivity contribution < 1.29 is 0 Å². The fourth-order valence-electron chi connectivity index (χ4n) is 3.51. The van der Waals surface area contributed by atoms with Gasteiger partial charge >= 0.3 is 0 Å². The first-order valence-corrected chi connectivity index (χ1v) is 6.83. The first-order chi connectivity index (χ1) is 8.25. The molecule has 0 amide bonds. The Balaban J connectivity index is 1.91. The van der Waals surface area contributed by atoms with E-state index in [0.717, 1.165) is 25.2 Å². The highest BCUT2D eigenvalue weighted by molar-refractivity contribution is 5.56. The van der Waals surface area contributed by atoms with Gasteiger partial charge in [0.05, 0.1) is 0 Å². The van der Waals surface area contributed by atoms with E-state index in [9.17, 15) is 0 Å². The van der Waals surface area contributed by atoms with E-state index in [2.05, 4.69) is 42.3 Å². The highest BCUT2D eigenvalue weighted by Gasteiger charge is 2.35. The van der Waals surface area contributed by atoms with Crippen molar-refractivity contribution in [3.05, 3.63) is 29.3 Å². The summed E-state index contributed by atoms with van der Waals surface area (Å²) in [6.45, 7) is 6.71. The van der Waals surface area contributed by atoms with Crippen LogP contribution in [0.15, 0.2) is 18.2 Å². The summed E-state index contributed by atoms with van der Waals surface area (Å²) < 4.78 is 0. The van der Waals surface area contributed by atoms with Crippen LogP contribution in [0.3, 0.4) is 0 Å². The summed E-state index contributed by atoms with van der Waals surface area (Å²) in [6, 6.07) is 8.32. The second kappa shape index (κ2) is 4.34. The molecule has 1 saturated heterocycles. The molecule has 1 aliphatic heterocycles. The fraction of sp³-hybridized carbons (Fsp3) is 0.600. The summed E-state index contributed by atoms with van der Waals surface area (Å²) in [4.78, 5) is 2.64.